The van der Waals surface area contributed by atoms with Gasteiger partial charge in [0.2, 0.25) is 0 Å². The molecule has 0 bridgehead atoms. The zero-order valence-electron chi connectivity index (χ0n) is 17.3. The maximum absolute atomic E-state index is 12.5. The lowest BCUT2D eigenvalue weighted by atomic mass is 10.0. The fourth-order valence-corrected chi connectivity index (χ4v) is 4.73. The lowest BCUT2D eigenvalue weighted by Crippen LogP contribution is -2.32. The van der Waals surface area contributed by atoms with Crippen molar-refractivity contribution in [2.24, 2.45) is 0 Å². The van der Waals surface area contributed by atoms with Crippen LogP contribution in [0.4, 0.5) is 11.4 Å². The predicted octanol–water partition coefficient (Wildman–Crippen LogP) is 3.31. The number of benzene rings is 2. The van der Waals surface area contributed by atoms with Crippen LogP contribution in [0.1, 0.15) is 40.7 Å². The van der Waals surface area contributed by atoms with Crippen molar-refractivity contribution in [3.8, 4) is 0 Å². The van der Waals surface area contributed by atoms with Gasteiger partial charge in [-0.05, 0) is 68.6 Å². The third-order valence-electron chi connectivity index (χ3n) is 5.51. The highest BCUT2D eigenvalue weighted by atomic mass is 32.2. The van der Waals surface area contributed by atoms with Crippen molar-refractivity contribution in [3.63, 3.8) is 0 Å². The Hall–Kier alpha value is -2.38. The predicted molar refractivity (Wildman–Crippen MR) is 118 cm³/mol. The summed E-state index contributed by atoms with van der Waals surface area (Å²) in [7, 11) is -0.483. The first kappa shape index (κ1) is 21.3. The molecule has 29 heavy (non-hydrogen) atoms. The van der Waals surface area contributed by atoms with Crippen molar-refractivity contribution < 1.29 is 13.2 Å². The molecule has 0 radical (unpaired) electrons. The first-order valence-electron chi connectivity index (χ1n) is 9.97. The van der Waals surface area contributed by atoms with E-state index in [0.717, 1.165) is 32.4 Å². The highest BCUT2D eigenvalue weighted by Crippen LogP contribution is 2.39. The summed E-state index contributed by atoms with van der Waals surface area (Å²) in [6.07, 6.45) is 3.21. The molecule has 0 aromatic heterocycles. The highest BCUT2D eigenvalue weighted by Gasteiger charge is 2.35. The fourth-order valence-electron chi connectivity index (χ4n) is 3.57. The lowest BCUT2D eigenvalue weighted by molar-refractivity contribution is 0.0979. The molecule has 0 aliphatic carbocycles. The maximum atomic E-state index is 12.5. The van der Waals surface area contributed by atoms with E-state index in [1.165, 1.54) is 33.8 Å². The summed E-state index contributed by atoms with van der Waals surface area (Å²) in [6.45, 7) is 3.94. The van der Waals surface area contributed by atoms with E-state index in [-0.39, 0.29) is 5.78 Å². The molecule has 0 unspecified atom stereocenters. The van der Waals surface area contributed by atoms with Crippen LogP contribution in [0.5, 0.6) is 0 Å². The number of hydrogen-bond acceptors (Lipinski definition) is 4. The van der Waals surface area contributed by atoms with E-state index in [9.17, 15) is 13.2 Å². The number of Topliss-reactive ketones (excluding diaryl/α,β-unsaturated/α-hetero) is 1. The number of anilines is 2. The van der Waals surface area contributed by atoms with Gasteiger partial charge in [-0.3, -0.25) is 13.4 Å². The van der Waals surface area contributed by atoms with Crippen molar-refractivity contribution >= 4 is 27.4 Å². The molecule has 0 amide bonds. The zero-order chi connectivity index (χ0) is 21.0. The van der Waals surface area contributed by atoms with Crippen LogP contribution in [0, 0.1) is 6.92 Å². The van der Waals surface area contributed by atoms with Crippen LogP contribution in [0.15, 0.2) is 42.5 Å². The van der Waals surface area contributed by atoms with E-state index in [1.54, 1.807) is 18.2 Å². The molecule has 0 saturated carbocycles. The van der Waals surface area contributed by atoms with Gasteiger partial charge in [0.05, 0.1) is 11.4 Å². The van der Waals surface area contributed by atoms with Crippen LogP contribution < -0.4 is 13.9 Å². The number of carbonyl (C=O) groups is 1. The van der Waals surface area contributed by atoms with Gasteiger partial charge in [0.25, 0.3) is 0 Å². The number of unbranched alkanes of at least 4 members (excludes halogenated alkanes) is 1. The second-order valence-electron chi connectivity index (χ2n) is 7.45. The van der Waals surface area contributed by atoms with E-state index >= 15 is 0 Å². The number of hydrogen-bond donors (Lipinski definition) is 1. The molecule has 1 aliphatic heterocycles. The van der Waals surface area contributed by atoms with E-state index < -0.39 is 10.2 Å². The number of nitrogens with one attached hydrogen (secondary N) is 1. The molecule has 1 N–H and O–H groups in total. The minimum atomic E-state index is -3.51. The topological polar surface area (TPSA) is 69.7 Å². The van der Waals surface area contributed by atoms with Crippen molar-refractivity contribution in [2.75, 3.05) is 35.8 Å². The number of rotatable bonds is 9. The average Bonchev–Trinajstić information content (AvgIpc) is 2.88. The minimum absolute atomic E-state index is 0.0491. The van der Waals surface area contributed by atoms with Gasteiger partial charge in [0.1, 0.15) is 0 Å². The Balaban J connectivity index is 1.42. The van der Waals surface area contributed by atoms with Gasteiger partial charge in [-0.2, -0.15) is 8.42 Å². The van der Waals surface area contributed by atoms with E-state index in [1.807, 2.05) is 0 Å². The van der Waals surface area contributed by atoms with Gasteiger partial charge in [0, 0.05) is 26.1 Å². The summed E-state index contributed by atoms with van der Waals surface area (Å²) in [5, 5.41) is 3.44. The Morgan fingerprint density at radius 3 is 2.45 bits per heavy atom. The Kier molecular flexibility index (Phi) is 6.59. The van der Waals surface area contributed by atoms with Crippen molar-refractivity contribution in [1.82, 2.24) is 5.32 Å². The first-order chi connectivity index (χ1) is 13.8. The molecule has 156 valence electrons. The molecule has 1 heterocycles. The largest absolute Gasteiger partial charge is 0.326 e. The van der Waals surface area contributed by atoms with Gasteiger partial charge >= 0.3 is 10.2 Å². The molecule has 0 saturated heterocycles. The van der Waals surface area contributed by atoms with Crippen LogP contribution in [0.3, 0.4) is 0 Å². The first-order valence-corrected chi connectivity index (χ1v) is 11.4. The van der Waals surface area contributed by atoms with Crippen molar-refractivity contribution in [2.45, 2.75) is 32.6 Å². The molecule has 7 heteroatoms. The summed E-state index contributed by atoms with van der Waals surface area (Å²) in [4.78, 5) is 12.5. The number of fused-ring (bicyclic) bond motifs is 1. The monoisotopic (exact) mass is 415 g/mol. The molecular formula is C22H29N3O3S. The van der Waals surface area contributed by atoms with Gasteiger partial charge in [0.15, 0.2) is 5.78 Å². The minimum Gasteiger partial charge on any atom is -0.316 e. The summed E-state index contributed by atoms with van der Waals surface area (Å²) in [5.41, 5.74) is 4.40. The van der Waals surface area contributed by atoms with E-state index in [4.69, 9.17) is 0 Å². The Morgan fingerprint density at radius 1 is 0.966 bits per heavy atom. The second kappa shape index (κ2) is 8.97. The Morgan fingerprint density at radius 2 is 1.69 bits per heavy atom. The van der Waals surface area contributed by atoms with Gasteiger partial charge in [-0.1, -0.05) is 24.3 Å². The SMILES string of the molecule is Cc1ccccc1CCNCCCCC(=O)c1ccc2c(c1)N(C)S(=O)(=O)N2C. The molecule has 0 fully saturated rings. The number of ketones is 1. The third-order valence-corrected chi connectivity index (χ3v) is 7.29. The summed E-state index contributed by atoms with van der Waals surface area (Å²) < 4.78 is 26.8. The average molecular weight is 416 g/mol. The smallest absolute Gasteiger partial charge is 0.316 e. The summed E-state index contributed by atoms with van der Waals surface area (Å²) in [6, 6.07) is 13.5. The fraction of sp³-hybridized carbons (Fsp3) is 0.409. The number of carbonyl (C=O) groups excluding carboxylic acids is 1. The highest BCUT2D eigenvalue weighted by molar-refractivity contribution is 7.94. The van der Waals surface area contributed by atoms with Gasteiger partial charge < -0.3 is 5.32 Å². The molecule has 6 nitrogen and oxygen atoms in total. The van der Waals surface area contributed by atoms with Gasteiger partial charge in [-0.25, -0.2) is 0 Å². The standard InChI is InChI=1S/C22H29N3O3S/c1-17-8-4-5-9-18(17)13-15-23-14-7-6-10-22(26)19-11-12-20-21(16-19)25(3)29(27,28)24(20)2/h4-5,8-9,11-12,16,23H,6-7,10,13-15H2,1-3H3. The number of aryl methyl sites for hydroxylation is 1. The number of nitrogens with zero attached hydrogens (tertiary/aromatic N) is 2. The normalized spacial score (nSPS) is 14.9. The van der Waals surface area contributed by atoms with Crippen LogP contribution in [-0.4, -0.2) is 41.4 Å². The molecule has 3 rings (SSSR count). The van der Waals surface area contributed by atoms with Crippen LogP contribution in [0.25, 0.3) is 0 Å². The molecule has 2 aromatic rings. The molecular weight excluding hydrogens is 386 g/mol. The Bertz CT molecular complexity index is 989. The van der Waals surface area contributed by atoms with Crippen LogP contribution in [-0.2, 0) is 16.6 Å². The van der Waals surface area contributed by atoms with Crippen molar-refractivity contribution in [3.05, 3.63) is 59.2 Å². The Labute approximate surface area is 173 Å². The quantitative estimate of drug-likeness (QED) is 0.504. The lowest BCUT2D eigenvalue weighted by Gasteiger charge is -2.13. The third kappa shape index (κ3) is 4.62. The van der Waals surface area contributed by atoms with Crippen LogP contribution in [0.2, 0.25) is 0 Å². The van der Waals surface area contributed by atoms with Crippen molar-refractivity contribution in [1.29, 1.82) is 0 Å². The van der Waals surface area contributed by atoms with Gasteiger partial charge in [-0.15, -0.1) is 0 Å². The molecule has 0 atom stereocenters. The van der Waals surface area contributed by atoms with Crippen LogP contribution >= 0.6 is 0 Å². The van der Waals surface area contributed by atoms with E-state index in [0.29, 0.717) is 23.4 Å². The van der Waals surface area contributed by atoms with E-state index in [2.05, 4.69) is 36.5 Å². The zero-order valence-corrected chi connectivity index (χ0v) is 18.1. The summed E-state index contributed by atoms with van der Waals surface area (Å²) >= 11 is 0. The summed E-state index contributed by atoms with van der Waals surface area (Å²) in [5.74, 6) is 0.0491. The molecule has 0 spiro atoms. The maximum Gasteiger partial charge on any atom is 0.326 e. The molecule has 1 aliphatic rings. The molecule has 2 aromatic carbocycles. The second-order valence-corrected chi connectivity index (χ2v) is 9.44.